The van der Waals surface area contributed by atoms with Gasteiger partial charge in [0.1, 0.15) is 24.2 Å². The van der Waals surface area contributed by atoms with Crippen LogP contribution in [0.4, 0.5) is 16.2 Å². The van der Waals surface area contributed by atoms with Crippen molar-refractivity contribution in [3.05, 3.63) is 66.9 Å². The average molecular weight is 458 g/mol. The van der Waals surface area contributed by atoms with Crippen LogP contribution in [0, 0.1) is 5.92 Å². The summed E-state index contributed by atoms with van der Waals surface area (Å²) in [7, 11) is 0. The summed E-state index contributed by atoms with van der Waals surface area (Å²) in [5.74, 6) is 1.57. The molecule has 0 radical (unpaired) electrons. The highest BCUT2D eigenvalue weighted by Gasteiger charge is 2.29. The SMILES string of the molecule is CC(=O)C1CCC(Oc2ccc(-c3ccc4c(c3)OCCN4C(=O)Nc3ccccc3)cn2)C1. The van der Waals surface area contributed by atoms with Gasteiger partial charge < -0.3 is 14.8 Å². The highest BCUT2D eigenvalue weighted by Crippen LogP contribution is 2.36. The lowest BCUT2D eigenvalue weighted by atomic mass is 10.0. The molecule has 1 aliphatic carbocycles. The maximum Gasteiger partial charge on any atom is 0.326 e. The van der Waals surface area contributed by atoms with E-state index in [-0.39, 0.29) is 23.8 Å². The van der Waals surface area contributed by atoms with Gasteiger partial charge in [-0.2, -0.15) is 0 Å². The Morgan fingerprint density at radius 2 is 1.88 bits per heavy atom. The first-order valence-electron chi connectivity index (χ1n) is 11.6. The van der Waals surface area contributed by atoms with Crippen LogP contribution in [0.3, 0.4) is 0 Å². The van der Waals surface area contributed by atoms with Gasteiger partial charge in [-0.25, -0.2) is 9.78 Å². The number of pyridine rings is 1. The molecule has 1 aliphatic heterocycles. The van der Waals surface area contributed by atoms with Crippen LogP contribution in [0.1, 0.15) is 26.2 Å². The molecule has 7 nitrogen and oxygen atoms in total. The third-order valence-corrected chi connectivity index (χ3v) is 6.41. The molecule has 2 unspecified atom stereocenters. The van der Waals surface area contributed by atoms with Crippen LogP contribution in [-0.2, 0) is 4.79 Å². The molecule has 2 aliphatic rings. The summed E-state index contributed by atoms with van der Waals surface area (Å²) < 4.78 is 11.9. The van der Waals surface area contributed by atoms with Crippen LogP contribution in [0.2, 0.25) is 0 Å². The Balaban J connectivity index is 1.27. The van der Waals surface area contributed by atoms with E-state index in [0.717, 1.165) is 41.8 Å². The number of ketones is 1. The minimum Gasteiger partial charge on any atom is -0.490 e. The predicted molar refractivity (Wildman–Crippen MR) is 130 cm³/mol. The number of ether oxygens (including phenoxy) is 2. The molecule has 1 fully saturated rings. The Kier molecular flexibility index (Phi) is 6.16. The summed E-state index contributed by atoms with van der Waals surface area (Å²) in [6, 6.07) is 18.8. The van der Waals surface area contributed by atoms with E-state index < -0.39 is 0 Å². The van der Waals surface area contributed by atoms with Crippen LogP contribution in [0.25, 0.3) is 11.1 Å². The van der Waals surface area contributed by atoms with Crippen LogP contribution in [0.5, 0.6) is 11.6 Å². The van der Waals surface area contributed by atoms with Gasteiger partial charge in [-0.3, -0.25) is 9.69 Å². The second-order valence-electron chi connectivity index (χ2n) is 8.72. The van der Waals surface area contributed by atoms with Crippen LogP contribution < -0.4 is 19.7 Å². The normalized spacial score (nSPS) is 19.1. The monoisotopic (exact) mass is 457 g/mol. The molecule has 2 amide bonds. The third-order valence-electron chi connectivity index (χ3n) is 6.41. The van der Waals surface area contributed by atoms with Gasteiger partial charge in [0.25, 0.3) is 0 Å². The third kappa shape index (κ3) is 4.73. The van der Waals surface area contributed by atoms with Crippen molar-refractivity contribution in [2.75, 3.05) is 23.4 Å². The predicted octanol–water partition coefficient (Wildman–Crippen LogP) is 5.32. The lowest BCUT2D eigenvalue weighted by Crippen LogP contribution is -2.40. The molecule has 2 aromatic carbocycles. The number of para-hydroxylation sites is 1. The molecule has 174 valence electrons. The van der Waals surface area contributed by atoms with Crippen molar-refractivity contribution in [2.24, 2.45) is 5.92 Å². The van der Waals surface area contributed by atoms with Crippen molar-refractivity contribution in [2.45, 2.75) is 32.3 Å². The molecule has 34 heavy (non-hydrogen) atoms. The first-order valence-corrected chi connectivity index (χ1v) is 11.6. The van der Waals surface area contributed by atoms with E-state index in [0.29, 0.717) is 24.8 Å². The zero-order valence-electron chi connectivity index (χ0n) is 19.1. The maximum absolute atomic E-state index is 12.8. The second kappa shape index (κ2) is 9.55. The highest BCUT2D eigenvalue weighted by molar-refractivity contribution is 6.03. The number of hydrogen-bond donors (Lipinski definition) is 1. The number of anilines is 2. The van der Waals surface area contributed by atoms with E-state index in [2.05, 4.69) is 10.3 Å². The molecule has 7 heteroatoms. The number of Topliss-reactive ketones (excluding diaryl/α,β-unsaturated/α-hetero) is 1. The number of nitrogens with one attached hydrogen (secondary N) is 1. The Labute approximate surface area is 198 Å². The van der Waals surface area contributed by atoms with E-state index in [4.69, 9.17) is 9.47 Å². The minimum atomic E-state index is -0.189. The van der Waals surface area contributed by atoms with E-state index in [9.17, 15) is 9.59 Å². The Bertz CT molecular complexity index is 1180. The molecule has 1 saturated carbocycles. The maximum atomic E-state index is 12.8. The van der Waals surface area contributed by atoms with Crippen molar-refractivity contribution >= 4 is 23.2 Å². The molecule has 2 heterocycles. The lowest BCUT2D eigenvalue weighted by Gasteiger charge is -2.30. The van der Waals surface area contributed by atoms with Gasteiger partial charge >= 0.3 is 6.03 Å². The smallest absolute Gasteiger partial charge is 0.326 e. The largest absolute Gasteiger partial charge is 0.490 e. The molecule has 0 spiro atoms. The van der Waals surface area contributed by atoms with Gasteiger partial charge in [0.2, 0.25) is 5.88 Å². The van der Waals surface area contributed by atoms with E-state index in [1.807, 2.05) is 60.7 Å². The number of carbonyl (C=O) groups is 2. The van der Waals surface area contributed by atoms with E-state index in [1.165, 1.54) is 0 Å². The van der Waals surface area contributed by atoms with Crippen molar-refractivity contribution in [1.82, 2.24) is 4.98 Å². The number of nitrogens with zero attached hydrogens (tertiary/aromatic N) is 2. The zero-order valence-corrected chi connectivity index (χ0v) is 19.1. The van der Waals surface area contributed by atoms with Crippen molar-refractivity contribution in [1.29, 1.82) is 0 Å². The number of hydrogen-bond acceptors (Lipinski definition) is 5. The number of rotatable bonds is 5. The number of fused-ring (bicyclic) bond motifs is 1. The van der Waals surface area contributed by atoms with Crippen molar-refractivity contribution < 1.29 is 19.1 Å². The van der Waals surface area contributed by atoms with Gasteiger partial charge in [-0.1, -0.05) is 24.3 Å². The molecular formula is C27H27N3O4. The number of aromatic nitrogens is 1. The summed E-state index contributed by atoms with van der Waals surface area (Å²) in [6.07, 6.45) is 4.34. The molecule has 1 N–H and O–H groups in total. The van der Waals surface area contributed by atoms with Crippen molar-refractivity contribution in [3.8, 4) is 22.8 Å². The fraction of sp³-hybridized carbons (Fsp3) is 0.296. The van der Waals surface area contributed by atoms with Crippen LogP contribution in [-0.4, -0.2) is 36.1 Å². The summed E-state index contributed by atoms with van der Waals surface area (Å²) >= 11 is 0. The second-order valence-corrected chi connectivity index (χ2v) is 8.72. The van der Waals surface area contributed by atoms with Gasteiger partial charge in [0.15, 0.2) is 0 Å². The van der Waals surface area contributed by atoms with Crippen LogP contribution >= 0.6 is 0 Å². The fourth-order valence-electron chi connectivity index (χ4n) is 4.53. The number of benzene rings is 2. The average Bonchev–Trinajstić information content (AvgIpc) is 3.33. The summed E-state index contributed by atoms with van der Waals surface area (Å²) in [5, 5.41) is 2.93. The Morgan fingerprint density at radius 3 is 2.62 bits per heavy atom. The minimum absolute atomic E-state index is 0.0393. The Morgan fingerprint density at radius 1 is 1.06 bits per heavy atom. The van der Waals surface area contributed by atoms with E-state index in [1.54, 1.807) is 18.0 Å². The molecule has 0 saturated heterocycles. The van der Waals surface area contributed by atoms with Crippen molar-refractivity contribution in [3.63, 3.8) is 0 Å². The first kappa shape index (κ1) is 21.9. The zero-order chi connectivity index (χ0) is 23.5. The molecule has 3 aromatic rings. The van der Waals surface area contributed by atoms with Crippen LogP contribution in [0.15, 0.2) is 66.9 Å². The standard InChI is InChI=1S/C27H27N3O4/c1-18(31)19-7-10-23(15-19)34-26-12-9-21(17-28-26)20-8-11-24-25(16-20)33-14-13-30(24)27(32)29-22-5-3-2-4-6-22/h2-6,8-9,11-12,16-17,19,23H,7,10,13-15H2,1H3,(H,29,32). The number of carbonyl (C=O) groups excluding carboxylic acids is 2. The summed E-state index contributed by atoms with van der Waals surface area (Å²) in [4.78, 5) is 30.6. The molecule has 2 atom stereocenters. The lowest BCUT2D eigenvalue weighted by molar-refractivity contribution is -0.120. The molecule has 5 rings (SSSR count). The first-order chi connectivity index (χ1) is 16.6. The molecule has 1 aromatic heterocycles. The van der Waals surface area contributed by atoms with E-state index >= 15 is 0 Å². The van der Waals surface area contributed by atoms with Gasteiger partial charge in [0, 0.05) is 29.4 Å². The summed E-state index contributed by atoms with van der Waals surface area (Å²) in [6.45, 7) is 2.55. The Hall–Kier alpha value is -3.87. The topological polar surface area (TPSA) is 80.8 Å². The van der Waals surface area contributed by atoms with Gasteiger partial charge in [-0.15, -0.1) is 0 Å². The number of urea groups is 1. The van der Waals surface area contributed by atoms with Gasteiger partial charge in [-0.05, 0) is 62.1 Å². The molecular weight excluding hydrogens is 430 g/mol. The highest BCUT2D eigenvalue weighted by atomic mass is 16.5. The quantitative estimate of drug-likeness (QED) is 0.561. The summed E-state index contributed by atoms with van der Waals surface area (Å²) in [5.41, 5.74) is 3.36. The molecule has 0 bridgehead atoms. The fourth-order valence-corrected chi connectivity index (χ4v) is 4.53. The number of amides is 2. The van der Waals surface area contributed by atoms with Gasteiger partial charge in [0.05, 0.1) is 12.2 Å².